The molecule has 5 nitrogen and oxygen atoms in total. The molecule has 0 N–H and O–H groups in total. The van der Waals surface area contributed by atoms with E-state index in [9.17, 15) is 4.79 Å². The number of carbonyl (C=O) groups excluding carboxylic acids is 1. The van der Waals surface area contributed by atoms with E-state index in [-0.39, 0.29) is 5.91 Å². The number of amides is 1. The summed E-state index contributed by atoms with van der Waals surface area (Å²) >= 11 is 1.56. The fourth-order valence-electron chi connectivity index (χ4n) is 2.21. The van der Waals surface area contributed by atoms with Crippen LogP contribution in [0.2, 0.25) is 0 Å². The van der Waals surface area contributed by atoms with Crippen LogP contribution in [-0.4, -0.2) is 36.1 Å². The van der Waals surface area contributed by atoms with Crippen LogP contribution < -0.4 is 4.74 Å². The van der Waals surface area contributed by atoms with Crippen molar-refractivity contribution in [3.8, 4) is 5.75 Å². The molecular formula is C18H24N2O3S. The molecule has 0 spiro atoms. The smallest absolute Gasteiger partial charge is 0.219 e. The summed E-state index contributed by atoms with van der Waals surface area (Å²) in [6.07, 6.45) is 0.823. The zero-order chi connectivity index (χ0) is 17.4. The Morgan fingerprint density at radius 3 is 2.71 bits per heavy atom. The van der Waals surface area contributed by atoms with Gasteiger partial charge in [0.1, 0.15) is 17.4 Å². The van der Waals surface area contributed by atoms with Gasteiger partial charge in [0.2, 0.25) is 5.91 Å². The standard InChI is InChI=1S/C18H24N2O3S/c1-14-5-7-17(8-6-14)23-12-18-19-16(13-24-18)11-20(15(2)21)9-4-10-22-3/h5-8,13H,4,9-12H2,1-3H3. The van der Waals surface area contributed by atoms with E-state index in [4.69, 9.17) is 9.47 Å². The Balaban J connectivity index is 1.86. The molecule has 24 heavy (non-hydrogen) atoms. The Bertz CT molecular complexity index is 640. The van der Waals surface area contributed by atoms with E-state index in [2.05, 4.69) is 4.98 Å². The van der Waals surface area contributed by atoms with Crippen molar-refractivity contribution in [3.05, 3.63) is 45.9 Å². The summed E-state index contributed by atoms with van der Waals surface area (Å²) in [5.74, 6) is 0.888. The minimum absolute atomic E-state index is 0.0524. The van der Waals surface area contributed by atoms with Crippen LogP contribution in [0.15, 0.2) is 29.6 Å². The Morgan fingerprint density at radius 2 is 2.04 bits per heavy atom. The SMILES string of the molecule is COCCCN(Cc1csc(COc2ccc(C)cc2)n1)C(C)=O. The summed E-state index contributed by atoms with van der Waals surface area (Å²) in [6, 6.07) is 7.95. The van der Waals surface area contributed by atoms with Crippen molar-refractivity contribution < 1.29 is 14.3 Å². The average molecular weight is 348 g/mol. The number of thiazole rings is 1. The molecule has 0 saturated carbocycles. The van der Waals surface area contributed by atoms with E-state index in [0.29, 0.717) is 26.3 Å². The maximum Gasteiger partial charge on any atom is 0.219 e. The summed E-state index contributed by atoms with van der Waals surface area (Å²) in [5, 5.41) is 2.89. The van der Waals surface area contributed by atoms with Crippen molar-refractivity contribution in [2.45, 2.75) is 33.4 Å². The van der Waals surface area contributed by atoms with Crippen LogP contribution in [0.5, 0.6) is 5.75 Å². The van der Waals surface area contributed by atoms with Crippen LogP contribution in [0.25, 0.3) is 0 Å². The molecule has 0 bridgehead atoms. The minimum Gasteiger partial charge on any atom is -0.486 e. The zero-order valence-corrected chi connectivity index (χ0v) is 15.3. The van der Waals surface area contributed by atoms with Gasteiger partial charge in [0, 0.05) is 32.6 Å². The quantitative estimate of drug-likeness (QED) is 0.652. The van der Waals surface area contributed by atoms with Crippen LogP contribution in [0.3, 0.4) is 0 Å². The van der Waals surface area contributed by atoms with Gasteiger partial charge in [0.05, 0.1) is 12.2 Å². The average Bonchev–Trinajstić information content (AvgIpc) is 3.01. The van der Waals surface area contributed by atoms with E-state index in [1.54, 1.807) is 30.3 Å². The first-order chi connectivity index (χ1) is 11.6. The molecule has 0 aliphatic rings. The molecule has 2 rings (SSSR count). The third kappa shape index (κ3) is 5.94. The van der Waals surface area contributed by atoms with Crippen molar-refractivity contribution in [1.29, 1.82) is 0 Å². The molecule has 0 aliphatic carbocycles. The van der Waals surface area contributed by atoms with Crippen LogP contribution >= 0.6 is 11.3 Å². The predicted molar refractivity (Wildman–Crippen MR) is 95.2 cm³/mol. The van der Waals surface area contributed by atoms with Crippen LogP contribution in [-0.2, 0) is 22.7 Å². The lowest BCUT2D eigenvalue weighted by Crippen LogP contribution is -2.30. The number of nitrogens with zero attached hydrogens (tertiary/aromatic N) is 2. The molecule has 1 aromatic heterocycles. The van der Waals surface area contributed by atoms with Gasteiger partial charge in [-0.2, -0.15) is 0 Å². The molecule has 0 radical (unpaired) electrons. The van der Waals surface area contributed by atoms with Crippen molar-refractivity contribution >= 4 is 17.2 Å². The number of methoxy groups -OCH3 is 1. The lowest BCUT2D eigenvalue weighted by Gasteiger charge is -2.19. The molecule has 0 unspecified atom stereocenters. The van der Waals surface area contributed by atoms with Crippen LogP contribution in [0.1, 0.15) is 29.6 Å². The molecule has 1 aromatic carbocycles. The normalized spacial score (nSPS) is 10.6. The Kier molecular flexibility index (Phi) is 7.21. The fourth-order valence-corrected chi connectivity index (χ4v) is 2.91. The highest BCUT2D eigenvalue weighted by Crippen LogP contribution is 2.17. The molecule has 1 heterocycles. The second-order valence-electron chi connectivity index (χ2n) is 5.62. The van der Waals surface area contributed by atoms with E-state index < -0.39 is 0 Å². The number of hydrogen-bond acceptors (Lipinski definition) is 5. The molecule has 0 saturated heterocycles. The van der Waals surface area contributed by atoms with E-state index in [1.807, 2.05) is 36.6 Å². The third-order valence-electron chi connectivity index (χ3n) is 3.56. The van der Waals surface area contributed by atoms with Crippen molar-refractivity contribution in [2.24, 2.45) is 0 Å². The summed E-state index contributed by atoms with van der Waals surface area (Å²) in [6.45, 7) is 5.93. The molecule has 2 aromatic rings. The monoisotopic (exact) mass is 348 g/mol. The van der Waals surface area contributed by atoms with Gasteiger partial charge in [-0.1, -0.05) is 17.7 Å². The minimum atomic E-state index is 0.0524. The zero-order valence-electron chi connectivity index (χ0n) is 14.4. The highest BCUT2D eigenvalue weighted by Gasteiger charge is 2.12. The van der Waals surface area contributed by atoms with Crippen molar-refractivity contribution in [2.75, 3.05) is 20.3 Å². The fraction of sp³-hybridized carbons (Fsp3) is 0.444. The summed E-state index contributed by atoms with van der Waals surface area (Å²) < 4.78 is 10.8. The number of rotatable bonds is 9. The van der Waals surface area contributed by atoms with Crippen molar-refractivity contribution in [1.82, 2.24) is 9.88 Å². The van der Waals surface area contributed by atoms with Crippen LogP contribution in [0, 0.1) is 6.92 Å². The first kappa shape index (κ1) is 18.4. The lowest BCUT2D eigenvalue weighted by molar-refractivity contribution is -0.129. The van der Waals surface area contributed by atoms with Gasteiger partial charge in [0.15, 0.2) is 0 Å². The molecule has 0 fully saturated rings. The largest absolute Gasteiger partial charge is 0.486 e. The number of carbonyl (C=O) groups is 1. The highest BCUT2D eigenvalue weighted by atomic mass is 32.1. The number of aromatic nitrogens is 1. The third-order valence-corrected chi connectivity index (χ3v) is 4.43. The topological polar surface area (TPSA) is 51.7 Å². The number of aryl methyl sites for hydroxylation is 1. The lowest BCUT2D eigenvalue weighted by atomic mass is 10.2. The molecule has 0 aliphatic heterocycles. The van der Waals surface area contributed by atoms with Gasteiger partial charge >= 0.3 is 0 Å². The Morgan fingerprint density at radius 1 is 1.29 bits per heavy atom. The summed E-state index contributed by atoms with van der Waals surface area (Å²) in [5.41, 5.74) is 2.10. The number of ether oxygens (including phenoxy) is 2. The van der Waals surface area contributed by atoms with E-state index in [0.717, 1.165) is 22.9 Å². The van der Waals surface area contributed by atoms with Gasteiger partial charge in [-0.15, -0.1) is 11.3 Å². The van der Waals surface area contributed by atoms with Gasteiger partial charge in [-0.25, -0.2) is 4.98 Å². The first-order valence-electron chi connectivity index (χ1n) is 7.95. The highest BCUT2D eigenvalue weighted by molar-refractivity contribution is 7.09. The second-order valence-corrected chi connectivity index (χ2v) is 6.56. The molecule has 0 atom stereocenters. The predicted octanol–water partition coefficient (Wildman–Crippen LogP) is 3.42. The van der Waals surface area contributed by atoms with Crippen LogP contribution in [0.4, 0.5) is 0 Å². The maximum absolute atomic E-state index is 11.7. The van der Waals surface area contributed by atoms with E-state index in [1.165, 1.54) is 5.56 Å². The molecule has 1 amide bonds. The molecule has 6 heteroatoms. The maximum atomic E-state index is 11.7. The van der Waals surface area contributed by atoms with Gasteiger partial charge in [-0.3, -0.25) is 4.79 Å². The van der Waals surface area contributed by atoms with E-state index >= 15 is 0 Å². The summed E-state index contributed by atoms with van der Waals surface area (Å²) in [7, 11) is 1.67. The van der Waals surface area contributed by atoms with Crippen molar-refractivity contribution in [3.63, 3.8) is 0 Å². The summed E-state index contributed by atoms with van der Waals surface area (Å²) in [4.78, 5) is 18.1. The second kappa shape index (κ2) is 9.39. The Labute approximate surface area is 147 Å². The van der Waals surface area contributed by atoms with Gasteiger partial charge < -0.3 is 14.4 Å². The van der Waals surface area contributed by atoms with Gasteiger partial charge in [0.25, 0.3) is 0 Å². The molecular weight excluding hydrogens is 324 g/mol. The van der Waals surface area contributed by atoms with Gasteiger partial charge in [-0.05, 0) is 25.5 Å². The molecule has 130 valence electrons. The number of hydrogen-bond donors (Lipinski definition) is 0. The number of benzene rings is 1. The Hall–Kier alpha value is -1.92. The first-order valence-corrected chi connectivity index (χ1v) is 8.83.